The number of carbonyl (C=O) groups excluding carboxylic acids is 1. The van der Waals surface area contributed by atoms with Gasteiger partial charge in [-0.1, -0.05) is 48.5 Å². The number of ether oxygens (including phenoxy) is 1. The normalized spacial score (nSPS) is 12.2. The van der Waals surface area contributed by atoms with E-state index < -0.39 is 12.1 Å². The van der Waals surface area contributed by atoms with Crippen molar-refractivity contribution >= 4 is 29.2 Å². The Hall–Kier alpha value is -3.91. The summed E-state index contributed by atoms with van der Waals surface area (Å²) in [5, 5.41) is 16.0. The van der Waals surface area contributed by atoms with E-state index in [9.17, 15) is 9.59 Å². The van der Waals surface area contributed by atoms with Crippen LogP contribution < -0.4 is 5.32 Å². The number of aromatic carboxylic acids is 1. The first kappa shape index (κ1) is 20.0. The van der Waals surface area contributed by atoms with E-state index in [1.54, 1.807) is 29.1 Å². The van der Waals surface area contributed by atoms with Gasteiger partial charge in [0.15, 0.2) is 5.82 Å². The molecule has 2 heterocycles. The quantitative estimate of drug-likeness (QED) is 0.433. The number of benzene rings is 2. The van der Waals surface area contributed by atoms with Crippen molar-refractivity contribution in [1.82, 2.24) is 9.78 Å². The first-order valence-electron chi connectivity index (χ1n) is 10.1. The summed E-state index contributed by atoms with van der Waals surface area (Å²) in [5.41, 5.74) is 4.66. The van der Waals surface area contributed by atoms with Gasteiger partial charge in [-0.25, -0.2) is 9.59 Å². The standard InChI is InChI=1S/C24H19N3O4S/c28-23(29)21-10-9-15(32-21)13-27-12-11-22(26-27)25-24(30)31-14-20-18-7-3-1-5-16(18)17-6-2-4-8-19(17)20/h1-12,20H,13-14H2,(H,28,29)(H,25,26,30). The van der Waals surface area contributed by atoms with Gasteiger partial charge < -0.3 is 9.84 Å². The zero-order valence-electron chi connectivity index (χ0n) is 16.9. The van der Waals surface area contributed by atoms with Crippen LogP contribution in [0.2, 0.25) is 0 Å². The predicted octanol–water partition coefficient (Wildman–Crippen LogP) is 5.05. The van der Waals surface area contributed by atoms with Gasteiger partial charge in [0.25, 0.3) is 0 Å². The highest BCUT2D eigenvalue weighted by Gasteiger charge is 2.29. The third-order valence-electron chi connectivity index (χ3n) is 5.40. The summed E-state index contributed by atoms with van der Waals surface area (Å²) in [5.74, 6) is -0.579. The van der Waals surface area contributed by atoms with E-state index in [4.69, 9.17) is 9.84 Å². The Morgan fingerprint density at radius 3 is 2.34 bits per heavy atom. The molecule has 2 aromatic heterocycles. The largest absolute Gasteiger partial charge is 0.477 e. The smallest absolute Gasteiger partial charge is 0.412 e. The number of carbonyl (C=O) groups is 2. The maximum Gasteiger partial charge on any atom is 0.412 e. The Labute approximate surface area is 187 Å². The molecule has 0 bridgehead atoms. The van der Waals surface area contributed by atoms with Crippen LogP contribution in [-0.2, 0) is 11.3 Å². The summed E-state index contributed by atoms with van der Waals surface area (Å²) < 4.78 is 7.17. The lowest BCUT2D eigenvalue weighted by molar-refractivity contribution is 0.0702. The molecule has 160 valence electrons. The summed E-state index contributed by atoms with van der Waals surface area (Å²) in [4.78, 5) is 24.5. The third-order valence-corrected chi connectivity index (χ3v) is 6.46. The topological polar surface area (TPSA) is 93.5 Å². The van der Waals surface area contributed by atoms with Crippen LogP contribution in [0.5, 0.6) is 0 Å². The van der Waals surface area contributed by atoms with Gasteiger partial charge in [0, 0.05) is 23.1 Å². The molecule has 0 radical (unpaired) electrons. The molecule has 2 aromatic carbocycles. The van der Waals surface area contributed by atoms with Gasteiger partial charge in [-0.15, -0.1) is 11.3 Å². The molecule has 0 unspecified atom stereocenters. The zero-order chi connectivity index (χ0) is 22.1. The van der Waals surface area contributed by atoms with E-state index in [0.29, 0.717) is 12.4 Å². The number of aromatic nitrogens is 2. The molecule has 0 spiro atoms. The van der Waals surface area contributed by atoms with Crippen molar-refractivity contribution in [3.63, 3.8) is 0 Å². The third kappa shape index (κ3) is 3.88. The average Bonchev–Trinajstić information content (AvgIpc) is 3.51. The first-order chi connectivity index (χ1) is 15.6. The predicted molar refractivity (Wildman–Crippen MR) is 121 cm³/mol. The van der Waals surface area contributed by atoms with Crippen molar-refractivity contribution in [2.75, 3.05) is 11.9 Å². The highest BCUT2D eigenvalue weighted by molar-refractivity contribution is 7.13. The second-order valence-corrected chi connectivity index (χ2v) is 8.59. The highest BCUT2D eigenvalue weighted by Crippen LogP contribution is 2.44. The molecule has 7 nitrogen and oxygen atoms in total. The number of hydrogen-bond acceptors (Lipinski definition) is 5. The van der Waals surface area contributed by atoms with Crippen LogP contribution in [0.15, 0.2) is 72.9 Å². The molecule has 0 aliphatic heterocycles. The molecule has 5 rings (SSSR count). The number of thiophene rings is 1. The molecule has 1 amide bonds. The molecule has 1 aliphatic rings. The fourth-order valence-corrected chi connectivity index (χ4v) is 4.83. The Morgan fingerprint density at radius 2 is 1.69 bits per heavy atom. The molecule has 0 fully saturated rings. The molecule has 0 saturated carbocycles. The summed E-state index contributed by atoms with van der Waals surface area (Å²) in [6.45, 7) is 0.651. The molecular formula is C24H19N3O4S. The number of rotatable bonds is 6. The van der Waals surface area contributed by atoms with Crippen LogP contribution in [0.3, 0.4) is 0 Å². The minimum atomic E-state index is -0.945. The molecule has 1 aliphatic carbocycles. The molecule has 0 saturated heterocycles. The highest BCUT2D eigenvalue weighted by atomic mass is 32.1. The van der Waals surface area contributed by atoms with Crippen LogP contribution in [0, 0.1) is 0 Å². The Bertz CT molecular complexity index is 1260. The van der Waals surface area contributed by atoms with Gasteiger partial charge in [0.05, 0.1) is 6.54 Å². The van der Waals surface area contributed by atoms with Crippen molar-refractivity contribution in [3.8, 4) is 11.1 Å². The number of nitrogens with zero attached hydrogens (tertiary/aromatic N) is 2. The van der Waals surface area contributed by atoms with Crippen LogP contribution in [0.1, 0.15) is 31.6 Å². The van der Waals surface area contributed by atoms with E-state index in [2.05, 4.69) is 34.7 Å². The van der Waals surface area contributed by atoms with Crippen LogP contribution in [-0.4, -0.2) is 33.6 Å². The van der Waals surface area contributed by atoms with Crippen molar-refractivity contribution in [1.29, 1.82) is 0 Å². The SMILES string of the molecule is O=C(Nc1ccn(Cc2ccc(C(=O)O)s2)n1)OCC1c2ccccc2-c2ccccc21. The Morgan fingerprint density at radius 1 is 1.00 bits per heavy atom. The van der Waals surface area contributed by atoms with Crippen molar-refractivity contribution in [2.45, 2.75) is 12.5 Å². The monoisotopic (exact) mass is 445 g/mol. The second kappa shape index (κ2) is 8.32. The molecule has 2 N–H and O–H groups in total. The van der Waals surface area contributed by atoms with Crippen molar-refractivity contribution in [2.24, 2.45) is 0 Å². The summed E-state index contributed by atoms with van der Waals surface area (Å²) in [6.07, 6.45) is 1.15. The zero-order valence-corrected chi connectivity index (χ0v) is 17.7. The fraction of sp³-hybridized carbons (Fsp3) is 0.125. The van der Waals surface area contributed by atoms with Gasteiger partial charge in [-0.05, 0) is 34.4 Å². The van der Waals surface area contributed by atoms with Crippen molar-refractivity contribution < 1.29 is 19.4 Å². The van der Waals surface area contributed by atoms with Crippen LogP contribution >= 0.6 is 11.3 Å². The lowest BCUT2D eigenvalue weighted by Gasteiger charge is -2.14. The van der Waals surface area contributed by atoms with Gasteiger partial charge in [-0.3, -0.25) is 10.00 Å². The average molecular weight is 446 g/mol. The molecular weight excluding hydrogens is 426 g/mol. The van der Waals surface area contributed by atoms with E-state index in [-0.39, 0.29) is 17.4 Å². The van der Waals surface area contributed by atoms with Gasteiger partial charge in [-0.2, -0.15) is 5.10 Å². The molecule has 8 heteroatoms. The molecule has 32 heavy (non-hydrogen) atoms. The number of hydrogen-bond donors (Lipinski definition) is 2. The minimum absolute atomic E-state index is 0.00651. The van der Waals surface area contributed by atoms with Gasteiger partial charge in [0.1, 0.15) is 11.5 Å². The summed E-state index contributed by atoms with van der Waals surface area (Å²) in [7, 11) is 0. The second-order valence-electron chi connectivity index (χ2n) is 7.42. The molecule has 4 aromatic rings. The van der Waals surface area contributed by atoms with Crippen LogP contribution in [0.25, 0.3) is 11.1 Å². The minimum Gasteiger partial charge on any atom is -0.477 e. The molecule has 0 atom stereocenters. The number of carboxylic acids is 1. The van der Waals surface area contributed by atoms with E-state index in [1.807, 2.05) is 24.3 Å². The fourth-order valence-electron chi connectivity index (χ4n) is 3.99. The number of nitrogens with one attached hydrogen (secondary N) is 1. The van der Waals surface area contributed by atoms with E-state index in [0.717, 1.165) is 16.0 Å². The van der Waals surface area contributed by atoms with E-state index in [1.165, 1.54) is 22.5 Å². The summed E-state index contributed by atoms with van der Waals surface area (Å²) >= 11 is 1.20. The number of anilines is 1. The van der Waals surface area contributed by atoms with Gasteiger partial charge >= 0.3 is 12.1 Å². The lowest BCUT2D eigenvalue weighted by Crippen LogP contribution is -2.18. The summed E-state index contributed by atoms with van der Waals surface area (Å²) in [6, 6.07) is 21.4. The lowest BCUT2D eigenvalue weighted by atomic mass is 9.98. The number of amides is 1. The van der Waals surface area contributed by atoms with Gasteiger partial charge in [0.2, 0.25) is 0 Å². The first-order valence-corrected chi connectivity index (χ1v) is 10.9. The maximum absolute atomic E-state index is 12.4. The number of fused-ring (bicyclic) bond motifs is 3. The Balaban J connectivity index is 1.21. The van der Waals surface area contributed by atoms with Crippen molar-refractivity contribution in [3.05, 3.63) is 93.8 Å². The van der Waals surface area contributed by atoms with E-state index >= 15 is 0 Å². The Kier molecular flexibility index (Phi) is 5.20. The number of carboxylic acid groups (broad SMARTS) is 1. The van der Waals surface area contributed by atoms with Crippen LogP contribution in [0.4, 0.5) is 10.6 Å². The maximum atomic E-state index is 12.4.